The molecule has 0 spiro atoms. The topological polar surface area (TPSA) is 9.23 Å². The van der Waals surface area contributed by atoms with Crippen LogP contribution in [0.3, 0.4) is 0 Å². The third-order valence-electron chi connectivity index (χ3n) is 4.38. The van der Waals surface area contributed by atoms with Gasteiger partial charge in [-0.15, -0.1) is 0 Å². The van der Waals surface area contributed by atoms with Crippen LogP contribution in [-0.2, 0) is 0 Å². The van der Waals surface area contributed by atoms with Gasteiger partial charge in [0.15, 0.2) is 0 Å². The van der Waals surface area contributed by atoms with E-state index in [1.807, 2.05) is 0 Å². The highest BCUT2D eigenvalue weighted by molar-refractivity contribution is 6.81. The van der Waals surface area contributed by atoms with E-state index in [9.17, 15) is 0 Å². The van der Waals surface area contributed by atoms with Gasteiger partial charge in [-0.3, -0.25) is 0 Å². The summed E-state index contributed by atoms with van der Waals surface area (Å²) < 4.78 is 5.47. The molecule has 1 aliphatic rings. The summed E-state index contributed by atoms with van der Waals surface area (Å²) in [6.45, 7) is 9.49. The lowest BCUT2D eigenvalue weighted by molar-refractivity contribution is 0.409. The molecule has 0 atom stereocenters. The van der Waals surface area contributed by atoms with Crippen LogP contribution in [0.4, 0.5) is 0 Å². The van der Waals surface area contributed by atoms with Gasteiger partial charge in [0.2, 0.25) is 0 Å². The van der Waals surface area contributed by atoms with Crippen molar-refractivity contribution >= 4 is 13.6 Å². The average Bonchev–Trinajstić information content (AvgIpc) is 2.45. The molecule has 0 N–H and O–H groups in total. The molecule has 0 aromatic heterocycles. The zero-order valence-electron chi connectivity index (χ0n) is 14.3. The lowest BCUT2D eigenvalue weighted by Crippen LogP contribution is -2.16. The van der Waals surface area contributed by atoms with E-state index in [0.29, 0.717) is 5.92 Å². The van der Waals surface area contributed by atoms with Gasteiger partial charge < -0.3 is 4.74 Å². The zero-order valence-corrected chi connectivity index (χ0v) is 15.3. The Morgan fingerprint density at radius 2 is 1.81 bits per heavy atom. The lowest BCUT2D eigenvalue weighted by atomic mass is 9.81. The zero-order chi connectivity index (χ0) is 15.5. The Kier molecular flexibility index (Phi) is 5.31. The van der Waals surface area contributed by atoms with Crippen molar-refractivity contribution in [3.05, 3.63) is 35.0 Å². The molecule has 0 heterocycles. The molecule has 0 amide bonds. The largest absolute Gasteiger partial charge is 0.497 e. The SMILES string of the molecule is COc1ccc(/C(C)=C/[Si](C)(C)C)c(C2CCCCC2)c1. The van der Waals surface area contributed by atoms with E-state index in [1.165, 1.54) is 48.8 Å². The van der Waals surface area contributed by atoms with E-state index < -0.39 is 8.07 Å². The smallest absolute Gasteiger partial charge is 0.119 e. The monoisotopic (exact) mass is 302 g/mol. The first-order valence-corrected chi connectivity index (χ1v) is 11.9. The summed E-state index contributed by atoms with van der Waals surface area (Å²) in [4.78, 5) is 0. The Morgan fingerprint density at radius 1 is 1.14 bits per heavy atom. The van der Waals surface area contributed by atoms with Crippen LogP contribution in [0.5, 0.6) is 5.75 Å². The Morgan fingerprint density at radius 3 is 2.38 bits per heavy atom. The van der Waals surface area contributed by atoms with Crippen LogP contribution >= 0.6 is 0 Å². The normalized spacial score (nSPS) is 17.9. The van der Waals surface area contributed by atoms with Crippen LogP contribution in [-0.4, -0.2) is 15.2 Å². The predicted molar refractivity (Wildman–Crippen MR) is 95.8 cm³/mol. The van der Waals surface area contributed by atoms with Crippen LogP contribution in [0.1, 0.15) is 56.1 Å². The molecule has 0 aliphatic heterocycles. The first-order valence-electron chi connectivity index (χ1n) is 8.28. The number of ether oxygens (including phenoxy) is 1. The highest BCUT2D eigenvalue weighted by Gasteiger charge is 2.20. The number of rotatable bonds is 4. The van der Waals surface area contributed by atoms with E-state index in [4.69, 9.17) is 4.74 Å². The molecule has 2 rings (SSSR count). The highest BCUT2D eigenvalue weighted by atomic mass is 28.3. The van der Waals surface area contributed by atoms with Gasteiger partial charge in [0.25, 0.3) is 0 Å². The summed E-state index contributed by atoms with van der Waals surface area (Å²) in [5.74, 6) is 1.72. The van der Waals surface area contributed by atoms with Crippen LogP contribution < -0.4 is 4.74 Å². The average molecular weight is 303 g/mol. The van der Waals surface area contributed by atoms with Crippen LogP contribution in [0.2, 0.25) is 19.6 Å². The molecule has 116 valence electrons. The molecule has 1 aliphatic carbocycles. The second-order valence-corrected chi connectivity index (χ2v) is 12.5. The van der Waals surface area contributed by atoms with Gasteiger partial charge in [0.1, 0.15) is 5.75 Å². The molecule has 1 nitrogen and oxygen atoms in total. The molecule has 1 aromatic carbocycles. The first-order chi connectivity index (χ1) is 9.90. The van der Waals surface area contributed by atoms with Crippen molar-refractivity contribution in [3.63, 3.8) is 0 Å². The van der Waals surface area contributed by atoms with E-state index in [-0.39, 0.29) is 0 Å². The number of hydrogen-bond donors (Lipinski definition) is 0. The number of benzene rings is 1. The third kappa shape index (κ3) is 4.47. The van der Waals surface area contributed by atoms with E-state index in [0.717, 1.165) is 5.75 Å². The lowest BCUT2D eigenvalue weighted by Gasteiger charge is -2.26. The van der Waals surface area contributed by atoms with Crippen molar-refractivity contribution in [2.75, 3.05) is 7.11 Å². The van der Waals surface area contributed by atoms with E-state index in [2.05, 4.69) is 50.5 Å². The van der Waals surface area contributed by atoms with E-state index in [1.54, 1.807) is 7.11 Å². The molecule has 1 aromatic rings. The fourth-order valence-corrected chi connectivity index (χ4v) is 4.96. The summed E-state index contributed by atoms with van der Waals surface area (Å²) >= 11 is 0. The molecular formula is C19H30OSi. The van der Waals surface area contributed by atoms with E-state index >= 15 is 0 Å². The number of allylic oxidation sites excluding steroid dienone is 1. The molecule has 1 saturated carbocycles. The van der Waals surface area contributed by atoms with Gasteiger partial charge in [-0.05, 0) is 48.9 Å². The standard InChI is InChI=1S/C19H30OSi/c1-15(14-21(3,4)5)18-12-11-17(20-2)13-19(18)16-9-7-6-8-10-16/h11-14,16H,6-10H2,1-5H3/b15-14+. The molecule has 21 heavy (non-hydrogen) atoms. The molecular weight excluding hydrogens is 272 g/mol. The van der Waals surface area contributed by atoms with Gasteiger partial charge in [-0.25, -0.2) is 0 Å². The summed E-state index contributed by atoms with van der Waals surface area (Å²) in [7, 11) is 0.578. The van der Waals surface area contributed by atoms with Gasteiger partial charge >= 0.3 is 0 Å². The Balaban J connectivity index is 2.42. The second-order valence-electron chi connectivity index (χ2n) is 7.48. The summed E-state index contributed by atoms with van der Waals surface area (Å²) in [5, 5.41) is 0. The Bertz CT molecular complexity index is 505. The minimum absolute atomic E-state index is 0.717. The third-order valence-corrected chi connectivity index (χ3v) is 5.68. The summed E-state index contributed by atoms with van der Waals surface area (Å²) in [6.07, 6.45) is 6.82. The molecule has 2 heteroatoms. The fraction of sp³-hybridized carbons (Fsp3) is 0.579. The Labute approximate surface area is 131 Å². The maximum Gasteiger partial charge on any atom is 0.119 e. The number of methoxy groups -OCH3 is 1. The number of hydrogen-bond acceptors (Lipinski definition) is 1. The maximum atomic E-state index is 5.47. The van der Waals surface area contributed by atoms with Crippen molar-refractivity contribution in [1.29, 1.82) is 0 Å². The maximum absolute atomic E-state index is 5.47. The molecule has 0 bridgehead atoms. The van der Waals surface area contributed by atoms with Crippen LogP contribution in [0, 0.1) is 0 Å². The van der Waals surface area contributed by atoms with Crippen LogP contribution in [0.25, 0.3) is 5.57 Å². The minimum Gasteiger partial charge on any atom is -0.497 e. The summed E-state index contributed by atoms with van der Waals surface area (Å²) in [6, 6.07) is 6.67. The predicted octanol–water partition coefficient (Wildman–Crippen LogP) is 6.02. The summed E-state index contributed by atoms with van der Waals surface area (Å²) in [5.41, 5.74) is 6.95. The molecule has 0 saturated heterocycles. The quantitative estimate of drug-likeness (QED) is 0.618. The first kappa shape index (κ1) is 16.3. The molecule has 0 radical (unpaired) electrons. The Hall–Kier alpha value is -1.02. The van der Waals surface area contributed by atoms with Crippen molar-refractivity contribution in [2.24, 2.45) is 0 Å². The van der Waals surface area contributed by atoms with Crippen molar-refractivity contribution in [3.8, 4) is 5.75 Å². The molecule has 0 unspecified atom stereocenters. The van der Waals surface area contributed by atoms with Gasteiger partial charge in [-0.2, -0.15) is 0 Å². The van der Waals surface area contributed by atoms with Gasteiger partial charge in [0.05, 0.1) is 15.2 Å². The fourth-order valence-electron chi connectivity index (χ4n) is 3.51. The molecule has 1 fully saturated rings. The van der Waals surface area contributed by atoms with Crippen molar-refractivity contribution < 1.29 is 4.74 Å². The van der Waals surface area contributed by atoms with Crippen molar-refractivity contribution in [1.82, 2.24) is 0 Å². The van der Waals surface area contributed by atoms with Crippen molar-refractivity contribution in [2.45, 2.75) is 64.6 Å². The van der Waals surface area contributed by atoms with Gasteiger partial charge in [-0.1, -0.05) is 56.2 Å². The highest BCUT2D eigenvalue weighted by Crippen LogP contribution is 2.38. The van der Waals surface area contributed by atoms with Crippen LogP contribution in [0.15, 0.2) is 23.9 Å². The minimum atomic E-state index is -1.19. The second kappa shape index (κ2) is 6.82. The van der Waals surface area contributed by atoms with Gasteiger partial charge in [0, 0.05) is 0 Å².